The molecule has 0 saturated heterocycles. The Hall–Kier alpha value is -1.49. The summed E-state index contributed by atoms with van der Waals surface area (Å²) < 4.78 is 0. The van der Waals surface area contributed by atoms with Crippen LogP contribution in [0, 0.1) is 0 Å². The summed E-state index contributed by atoms with van der Waals surface area (Å²) in [5.74, 6) is -0.990. The summed E-state index contributed by atoms with van der Waals surface area (Å²) in [5, 5.41) is 8.05. The van der Waals surface area contributed by atoms with Crippen molar-refractivity contribution in [3.63, 3.8) is 0 Å². The molecule has 0 spiro atoms. The summed E-state index contributed by atoms with van der Waals surface area (Å²) in [6.45, 7) is 0. The Morgan fingerprint density at radius 3 is 2.15 bits per heavy atom. The highest BCUT2D eigenvalue weighted by molar-refractivity contribution is 8.13. The zero-order valence-electron chi connectivity index (χ0n) is 6.56. The van der Waals surface area contributed by atoms with Gasteiger partial charge >= 0.3 is 5.97 Å². The van der Waals surface area contributed by atoms with Gasteiger partial charge in [0.15, 0.2) is 0 Å². The number of carboxylic acid groups (broad SMARTS) is 1. The van der Waals surface area contributed by atoms with Gasteiger partial charge in [0.2, 0.25) is 0 Å². The van der Waals surface area contributed by atoms with Gasteiger partial charge in [0.1, 0.15) is 0 Å². The van der Waals surface area contributed by atoms with E-state index in [0.29, 0.717) is 4.90 Å². The molecule has 5 heteroatoms. The summed E-state index contributed by atoms with van der Waals surface area (Å²) in [6.07, 6.45) is 0. The van der Waals surface area contributed by atoms with Gasteiger partial charge in [-0.1, -0.05) is 0 Å². The molecule has 0 bridgehead atoms. The van der Waals surface area contributed by atoms with E-state index in [-0.39, 0.29) is 5.56 Å². The summed E-state index contributed by atoms with van der Waals surface area (Å²) in [7, 11) is 0. The molecule has 0 aliphatic rings. The number of carbonyl (C=O) groups excluding carboxylic acids is 1. The second kappa shape index (κ2) is 3.95. The monoisotopic (exact) mass is 197 g/mol. The molecule has 0 heterocycles. The Balaban J connectivity index is 2.81. The molecule has 0 aromatic heterocycles. The third kappa shape index (κ3) is 2.79. The molecule has 0 radical (unpaired) electrons. The van der Waals surface area contributed by atoms with Gasteiger partial charge in [-0.15, -0.1) is 0 Å². The van der Waals surface area contributed by atoms with Gasteiger partial charge in [0, 0.05) is 4.90 Å². The van der Waals surface area contributed by atoms with Crippen LogP contribution < -0.4 is 5.73 Å². The van der Waals surface area contributed by atoms with Crippen molar-refractivity contribution < 1.29 is 14.7 Å². The molecule has 1 aromatic carbocycles. The smallest absolute Gasteiger partial charge is 0.335 e. The Kier molecular flexibility index (Phi) is 2.92. The normalized spacial score (nSPS) is 9.54. The van der Waals surface area contributed by atoms with Crippen molar-refractivity contribution in [2.24, 2.45) is 5.73 Å². The summed E-state index contributed by atoms with van der Waals surface area (Å²) >= 11 is 0.865. The highest BCUT2D eigenvalue weighted by Crippen LogP contribution is 2.17. The summed E-state index contributed by atoms with van der Waals surface area (Å²) in [5.41, 5.74) is 5.12. The predicted molar refractivity (Wildman–Crippen MR) is 48.8 cm³/mol. The van der Waals surface area contributed by atoms with Crippen LogP contribution in [0.5, 0.6) is 0 Å². The maximum atomic E-state index is 10.5. The highest BCUT2D eigenvalue weighted by atomic mass is 32.2. The van der Waals surface area contributed by atoms with E-state index in [0.717, 1.165) is 11.8 Å². The van der Waals surface area contributed by atoms with Crippen LogP contribution in [-0.4, -0.2) is 16.3 Å². The topological polar surface area (TPSA) is 80.4 Å². The second-order valence-corrected chi connectivity index (χ2v) is 3.33. The van der Waals surface area contributed by atoms with E-state index in [4.69, 9.17) is 10.8 Å². The third-order valence-corrected chi connectivity index (χ3v) is 2.03. The third-order valence-electron chi connectivity index (χ3n) is 1.32. The fourth-order valence-corrected chi connectivity index (χ4v) is 1.29. The fourth-order valence-electron chi connectivity index (χ4n) is 0.782. The molecule has 68 valence electrons. The van der Waals surface area contributed by atoms with E-state index >= 15 is 0 Å². The van der Waals surface area contributed by atoms with Crippen LogP contribution in [0.2, 0.25) is 0 Å². The lowest BCUT2D eigenvalue weighted by Gasteiger charge is -1.97. The maximum absolute atomic E-state index is 10.5. The number of benzene rings is 1. The number of aromatic carboxylic acids is 1. The number of rotatable bonds is 2. The molecule has 0 atom stereocenters. The van der Waals surface area contributed by atoms with Crippen molar-refractivity contribution in [1.82, 2.24) is 0 Å². The SMILES string of the molecule is NC(=O)Sc1ccc(C(=O)O)cc1. The minimum atomic E-state index is -0.990. The number of hydrogen-bond donors (Lipinski definition) is 2. The Morgan fingerprint density at radius 1 is 1.23 bits per heavy atom. The van der Waals surface area contributed by atoms with E-state index in [9.17, 15) is 9.59 Å². The minimum Gasteiger partial charge on any atom is -0.478 e. The van der Waals surface area contributed by atoms with Crippen LogP contribution in [0.1, 0.15) is 10.4 Å². The molecule has 0 fully saturated rings. The van der Waals surface area contributed by atoms with Crippen molar-refractivity contribution in [2.75, 3.05) is 0 Å². The number of carboxylic acids is 1. The number of amides is 1. The van der Waals surface area contributed by atoms with Crippen LogP contribution in [0.4, 0.5) is 4.79 Å². The van der Waals surface area contributed by atoms with E-state index in [1.165, 1.54) is 12.1 Å². The first-order valence-electron chi connectivity index (χ1n) is 3.40. The van der Waals surface area contributed by atoms with Crippen molar-refractivity contribution in [3.8, 4) is 0 Å². The zero-order chi connectivity index (χ0) is 9.84. The van der Waals surface area contributed by atoms with Crippen molar-refractivity contribution in [3.05, 3.63) is 29.8 Å². The van der Waals surface area contributed by atoms with Crippen LogP contribution in [0.3, 0.4) is 0 Å². The van der Waals surface area contributed by atoms with Gasteiger partial charge in [-0.25, -0.2) is 4.79 Å². The number of thioether (sulfide) groups is 1. The first kappa shape index (κ1) is 9.60. The van der Waals surface area contributed by atoms with Gasteiger partial charge in [0.25, 0.3) is 5.24 Å². The average Bonchev–Trinajstić information content (AvgIpc) is 2.04. The van der Waals surface area contributed by atoms with E-state index in [2.05, 4.69) is 0 Å². The lowest BCUT2D eigenvalue weighted by Crippen LogP contribution is -2.01. The number of carbonyl (C=O) groups is 2. The largest absolute Gasteiger partial charge is 0.478 e. The first-order valence-corrected chi connectivity index (χ1v) is 4.22. The van der Waals surface area contributed by atoms with E-state index in [1.54, 1.807) is 12.1 Å². The standard InChI is InChI=1S/C8H7NO3S/c9-8(12)13-6-3-1-5(2-4-6)7(10)11/h1-4H,(H2,9,12)(H,10,11). The Labute approximate surface area is 78.7 Å². The van der Waals surface area contributed by atoms with Gasteiger partial charge < -0.3 is 10.8 Å². The van der Waals surface area contributed by atoms with E-state index < -0.39 is 11.2 Å². The van der Waals surface area contributed by atoms with Crippen LogP contribution in [0.25, 0.3) is 0 Å². The molecule has 4 nitrogen and oxygen atoms in total. The van der Waals surface area contributed by atoms with Crippen LogP contribution >= 0.6 is 11.8 Å². The first-order chi connectivity index (χ1) is 6.09. The number of hydrogen-bond acceptors (Lipinski definition) is 3. The highest BCUT2D eigenvalue weighted by Gasteiger charge is 2.03. The van der Waals surface area contributed by atoms with Crippen molar-refractivity contribution >= 4 is 23.0 Å². The molecule has 1 aromatic rings. The molecule has 1 amide bonds. The van der Waals surface area contributed by atoms with Gasteiger partial charge in [-0.3, -0.25) is 4.79 Å². The summed E-state index contributed by atoms with van der Waals surface area (Å²) in [6, 6.07) is 5.93. The molecule has 0 unspecified atom stereocenters. The Bertz CT molecular complexity index is 334. The van der Waals surface area contributed by atoms with Crippen molar-refractivity contribution in [1.29, 1.82) is 0 Å². The molecular formula is C8H7NO3S. The van der Waals surface area contributed by atoms with Gasteiger partial charge in [-0.05, 0) is 36.0 Å². The van der Waals surface area contributed by atoms with Crippen molar-refractivity contribution in [2.45, 2.75) is 4.90 Å². The summed E-state index contributed by atoms with van der Waals surface area (Å²) in [4.78, 5) is 21.5. The van der Waals surface area contributed by atoms with Crippen LogP contribution in [0.15, 0.2) is 29.2 Å². The molecule has 0 aliphatic carbocycles. The number of primary amides is 1. The van der Waals surface area contributed by atoms with Gasteiger partial charge in [-0.2, -0.15) is 0 Å². The molecule has 3 N–H and O–H groups in total. The van der Waals surface area contributed by atoms with Crippen LogP contribution in [-0.2, 0) is 0 Å². The Morgan fingerprint density at radius 2 is 1.77 bits per heavy atom. The number of nitrogens with two attached hydrogens (primary N) is 1. The zero-order valence-corrected chi connectivity index (χ0v) is 7.38. The average molecular weight is 197 g/mol. The molecule has 0 aliphatic heterocycles. The second-order valence-electron chi connectivity index (χ2n) is 2.25. The molecular weight excluding hydrogens is 190 g/mol. The molecule has 0 saturated carbocycles. The molecule has 1 rings (SSSR count). The lowest BCUT2D eigenvalue weighted by molar-refractivity contribution is 0.0697. The molecule has 13 heavy (non-hydrogen) atoms. The maximum Gasteiger partial charge on any atom is 0.335 e. The lowest BCUT2D eigenvalue weighted by atomic mass is 10.2. The predicted octanol–water partition coefficient (Wildman–Crippen LogP) is 1.56. The minimum absolute atomic E-state index is 0.189. The fraction of sp³-hybridized carbons (Fsp3) is 0. The van der Waals surface area contributed by atoms with E-state index in [1.807, 2.05) is 0 Å². The van der Waals surface area contributed by atoms with Gasteiger partial charge in [0.05, 0.1) is 5.56 Å². The quantitative estimate of drug-likeness (QED) is 0.705.